The molecule has 140 valence electrons. The molecule has 1 heterocycles. The third-order valence-corrected chi connectivity index (χ3v) is 4.95. The molecule has 0 unspecified atom stereocenters. The van der Waals surface area contributed by atoms with Crippen LogP contribution in [-0.4, -0.2) is 21.2 Å². The Kier molecular flexibility index (Phi) is 5.13. The van der Waals surface area contributed by atoms with Crippen molar-refractivity contribution in [2.24, 2.45) is 0 Å². The highest BCUT2D eigenvalue weighted by Crippen LogP contribution is 2.42. The summed E-state index contributed by atoms with van der Waals surface area (Å²) in [4.78, 5) is 17.9. The Morgan fingerprint density at radius 1 is 1.27 bits per heavy atom. The van der Waals surface area contributed by atoms with E-state index in [1.165, 1.54) is 0 Å². The van der Waals surface area contributed by atoms with Crippen molar-refractivity contribution >= 4 is 7.60 Å². The zero-order valence-corrected chi connectivity index (χ0v) is 15.9. The molecule has 2 aromatic carbocycles. The highest BCUT2D eigenvalue weighted by Gasteiger charge is 2.28. The molecule has 0 saturated carbocycles. The first-order valence-corrected chi connectivity index (χ1v) is 10.2. The van der Waals surface area contributed by atoms with Crippen LogP contribution in [0.4, 0.5) is 0 Å². The first-order valence-electron chi connectivity index (χ1n) is 8.41. The second kappa shape index (κ2) is 7.05. The predicted molar refractivity (Wildman–Crippen MR) is 97.5 cm³/mol. The summed E-state index contributed by atoms with van der Waals surface area (Å²) >= 11 is 0. The van der Waals surface area contributed by atoms with Crippen molar-refractivity contribution < 1.29 is 28.9 Å². The number of fused-ring (bicyclic) bond motifs is 1. The van der Waals surface area contributed by atoms with E-state index in [0.29, 0.717) is 12.4 Å². The topological polar surface area (TPSA) is 96.2 Å². The Morgan fingerprint density at radius 2 is 2.00 bits per heavy atom. The fraction of sp³-hybridized carbons (Fsp3) is 0.368. The van der Waals surface area contributed by atoms with E-state index < -0.39 is 13.9 Å². The molecule has 2 aromatic rings. The van der Waals surface area contributed by atoms with Crippen molar-refractivity contribution in [2.45, 2.75) is 39.4 Å². The molecule has 0 fully saturated rings. The molecule has 1 aliphatic rings. The first kappa shape index (κ1) is 18.9. The lowest BCUT2D eigenvalue weighted by Gasteiger charge is -2.18. The van der Waals surface area contributed by atoms with Crippen molar-refractivity contribution in [1.82, 2.24) is 0 Å². The summed E-state index contributed by atoms with van der Waals surface area (Å²) < 4.78 is 22.2. The Hall–Kier alpha value is -1.85. The van der Waals surface area contributed by atoms with E-state index in [1.807, 2.05) is 32.9 Å². The second-order valence-corrected chi connectivity index (χ2v) is 8.50. The average Bonchev–Trinajstić information content (AvgIpc) is 2.97. The number of aromatic hydroxyl groups is 1. The number of phenolic OH excluding ortho intramolecular Hbond substituents is 1. The third kappa shape index (κ3) is 3.94. The van der Waals surface area contributed by atoms with Gasteiger partial charge < -0.3 is 24.4 Å². The van der Waals surface area contributed by atoms with Gasteiger partial charge in [0.1, 0.15) is 17.6 Å². The Labute approximate surface area is 152 Å². The minimum absolute atomic E-state index is 0.195. The Morgan fingerprint density at radius 3 is 2.65 bits per heavy atom. The van der Waals surface area contributed by atoms with Crippen LogP contribution in [0.25, 0.3) is 0 Å². The molecule has 0 saturated heterocycles. The van der Waals surface area contributed by atoms with E-state index in [2.05, 4.69) is 0 Å². The lowest BCUT2D eigenvalue weighted by atomic mass is 9.92. The first-order chi connectivity index (χ1) is 12.2. The Bertz CT molecular complexity index is 871. The van der Waals surface area contributed by atoms with E-state index in [-0.39, 0.29) is 17.8 Å². The van der Waals surface area contributed by atoms with Gasteiger partial charge in [0.15, 0.2) is 6.35 Å². The van der Waals surface area contributed by atoms with Crippen LogP contribution in [0.5, 0.6) is 11.5 Å². The number of ether oxygens (including phenoxy) is 2. The van der Waals surface area contributed by atoms with Crippen molar-refractivity contribution in [3.8, 4) is 11.5 Å². The molecule has 1 atom stereocenters. The van der Waals surface area contributed by atoms with Gasteiger partial charge in [0.25, 0.3) is 0 Å². The zero-order chi connectivity index (χ0) is 19.1. The monoisotopic (exact) mass is 378 g/mol. The smallest absolute Gasteiger partial charge is 0.362 e. The summed E-state index contributed by atoms with van der Waals surface area (Å²) in [6.45, 7) is 6.37. The molecule has 6 nitrogen and oxygen atoms in total. The van der Waals surface area contributed by atoms with Crippen molar-refractivity contribution in [3.05, 3.63) is 58.1 Å². The lowest BCUT2D eigenvalue weighted by molar-refractivity contribution is 0.0936. The van der Waals surface area contributed by atoms with Gasteiger partial charge in [-0.15, -0.1) is 0 Å². The molecule has 0 spiro atoms. The van der Waals surface area contributed by atoms with Gasteiger partial charge in [-0.1, -0.05) is 19.9 Å². The Balaban J connectivity index is 1.92. The number of hydrogen-bond donors (Lipinski definition) is 3. The van der Waals surface area contributed by atoms with Crippen LogP contribution in [0.15, 0.2) is 30.3 Å². The van der Waals surface area contributed by atoms with Gasteiger partial charge >= 0.3 is 7.60 Å². The van der Waals surface area contributed by atoms with Gasteiger partial charge in [0.2, 0.25) is 0 Å². The second-order valence-electron chi connectivity index (χ2n) is 6.92. The SMILES string of the molecule is Cc1cc(OCP(=O)(O)O)cc2c1[C@H](c1ccc(O)c(C(C)C)c1)OC2. The molecule has 3 rings (SSSR count). The summed E-state index contributed by atoms with van der Waals surface area (Å²) in [6.07, 6.45) is -0.885. The van der Waals surface area contributed by atoms with Crippen LogP contribution in [0.2, 0.25) is 0 Å². The van der Waals surface area contributed by atoms with Gasteiger partial charge in [0.05, 0.1) is 6.61 Å². The van der Waals surface area contributed by atoms with Crippen LogP contribution in [-0.2, 0) is 15.9 Å². The van der Waals surface area contributed by atoms with Crippen molar-refractivity contribution in [3.63, 3.8) is 0 Å². The van der Waals surface area contributed by atoms with E-state index in [9.17, 15) is 9.67 Å². The number of benzene rings is 2. The number of rotatable bonds is 5. The summed E-state index contributed by atoms with van der Waals surface area (Å²) in [5.74, 6) is 0.891. The van der Waals surface area contributed by atoms with Crippen LogP contribution in [0, 0.1) is 6.92 Å². The van der Waals surface area contributed by atoms with E-state index >= 15 is 0 Å². The van der Waals surface area contributed by atoms with Crippen molar-refractivity contribution in [2.75, 3.05) is 6.35 Å². The van der Waals surface area contributed by atoms with Crippen LogP contribution >= 0.6 is 7.60 Å². The molecular formula is C19H23O6P. The standard InChI is InChI=1S/C19H23O6P/c1-11(2)16-8-13(4-5-17(16)20)19-18-12(3)6-15(7-14(18)9-24-19)25-10-26(21,22)23/h4-8,11,19-20H,9-10H2,1-3H3,(H2,21,22,23)/t19-/m0/s1. The number of hydrogen-bond acceptors (Lipinski definition) is 4. The largest absolute Gasteiger partial charge is 0.508 e. The highest BCUT2D eigenvalue weighted by molar-refractivity contribution is 7.51. The third-order valence-electron chi connectivity index (χ3n) is 4.49. The van der Waals surface area contributed by atoms with Gasteiger partial charge in [-0.25, -0.2) is 0 Å². The predicted octanol–water partition coefficient (Wildman–Crippen LogP) is 3.96. The maximum Gasteiger partial charge on any atom is 0.362 e. The summed E-state index contributed by atoms with van der Waals surface area (Å²) in [5.41, 5.74) is 4.75. The molecule has 0 aliphatic carbocycles. The van der Waals surface area contributed by atoms with Crippen LogP contribution < -0.4 is 4.74 Å². The van der Waals surface area contributed by atoms with Crippen LogP contribution in [0.1, 0.15) is 53.7 Å². The van der Waals surface area contributed by atoms with E-state index in [0.717, 1.165) is 27.8 Å². The molecule has 3 N–H and O–H groups in total. The van der Waals surface area contributed by atoms with Gasteiger partial charge in [-0.3, -0.25) is 4.57 Å². The minimum Gasteiger partial charge on any atom is -0.508 e. The summed E-state index contributed by atoms with van der Waals surface area (Å²) in [6, 6.07) is 9.05. The number of aryl methyl sites for hydroxylation is 1. The molecule has 26 heavy (non-hydrogen) atoms. The molecule has 0 amide bonds. The van der Waals surface area contributed by atoms with Gasteiger partial charge in [-0.05, 0) is 64.9 Å². The molecule has 0 bridgehead atoms. The maximum atomic E-state index is 11.0. The molecular weight excluding hydrogens is 355 g/mol. The molecule has 7 heteroatoms. The van der Waals surface area contributed by atoms with Crippen molar-refractivity contribution in [1.29, 1.82) is 0 Å². The normalized spacial score (nSPS) is 16.8. The fourth-order valence-electron chi connectivity index (χ4n) is 3.29. The summed E-state index contributed by atoms with van der Waals surface area (Å²) in [7, 11) is -4.22. The maximum absolute atomic E-state index is 11.0. The highest BCUT2D eigenvalue weighted by atomic mass is 31.2. The van der Waals surface area contributed by atoms with E-state index in [1.54, 1.807) is 18.2 Å². The molecule has 0 radical (unpaired) electrons. The van der Waals surface area contributed by atoms with Gasteiger partial charge in [-0.2, -0.15) is 0 Å². The lowest BCUT2D eigenvalue weighted by Crippen LogP contribution is -2.03. The fourth-order valence-corrected chi connectivity index (χ4v) is 3.61. The summed E-state index contributed by atoms with van der Waals surface area (Å²) in [5, 5.41) is 10.0. The van der Waals surface area contributed by atoms with E-state index in [4.69, 9.17) is 19.3 Å². The molecule has 1 aliphatic heterocycles. The zero-order valence-electron chi connectivity index (χ0n) is 15.0. The van der Waals surface area contributed by atoms with Crippen LogP contribution in [0.3, 0.4) is 0 Å². The quantitative estimate of drug-likeness (QED) is 0.682. The van der Waals surface area contributed by atoms with Gasteiger partial charge in [0, 0.05) is 0 Å². The average molecular weight is 378 g/mol. The minimum atomic E-state index is -4.22. The molecule has 0 aromatic heterocycles. The number of phenols is 1.